The van der Waals surface area contributed by atoms with Crippen LogP contribution in [0, 0.1) is 0 Å². The fourth-order valence-corrected chi connectivity index (χ4v) is 6.28. The Balaban J connectivity index is 2.39. The molecule has 344 valence electrons. The van der Waals surface area contributed by atoms with Crippen LogP contribution >= 0.6 is 0 Å². The minimum Gasteiger partial charge on any atom is -0.394 e. The van der Waals surface area contributed by atoms with Crippen LogP contribution in [-0.4, -0.2) is 87.5 Å². The molecule has 61 heavy (non-hydrogen) atoms. The van der Waals surface area contributed by atoms with Crippen LogP contribution in [0.2, 0.25) is 0 Å². The molecule has 9 nitrogen and oxygen atoms in total. The van der Waals surface area contributed by atoms with Crippen molar-refractivity contribution < 1.29 is 39.8 Å². The first-order valence-electron chi connectivity index (χ1n) is 23.3. The Morgan fingerprint density at radius 1 is 0.574 bits per heavy atom. The number of unbranched alkanes of at least 4 members (excludes halogenated alkanes) is 8. The van der Waals surface area contributed by atoms with E-state index in [9.17, 15) is 30.3 Å². The molecule has 1 aliphatic heterocycles. The Kier molecular flexibility index (Phi) is 37.1. The van der Waals surface area contributed by atoms with Gasteiger partial charge in [-0.15, -0.1) is 0 Å². The molecule has 7 unspecified atom stereocenters. The zero-order valence-electron chi connectivity index (χ0n) is 37.6. The molecular formula is C52H83NO8. The number of rotatable bonds is 36. The maximum absolute atomic E-state index is 12.9. The van der Waals surface area contributed by atoms with Gasteiger partial charge >= 0.3 is 0 Å². The number of amides is 1. The molecule has 0 spiro atoms. The van der Waals surface area contributed by atoms with Crippen LogP contribution in [0.1, 0.15) is 142 Å². The number of aliphatic hydroxyl groups excluding tert-OH is 5. The molecule has 1 rings (SSSR count). The van der Waals surface area contributed by atoms with E-state index < -0.39 is 49.5 Å². The average Bonchev–Trinajstić information content (AvgIpc) is 3.26. The SMILES string of the molecule is CC/C=C\C/C=C\C/C=C\C/C=C\C/C=C\C/C=C\C/C=C\CCCCCC(=O)NC(COC1OC(CO)C(O)C(O)C1O)C(O)/C=C/CC/C=C/CC/C=C/CCCCC. The summed E-state index contributed by atoms with van der Waals surface area (Å²) in [5, 5.41) is 54.1. The third-order valence-electron chi connectivity index (χ3n) is 10.00. The van der Waals surface area contributed by atoms with E-state index in [1.165, 1.54) is 19.3 Å². The smallest absolute Gasteiger partial charge is 0.220 e. The highest BCUT2D eigenvalue weighted by Gasteiger charge is 2.44. The summed E-state index contributed by atoms with van der Waals surface area (Å²) in [6, 6.07) is -0.854. The molecule has 7 atom stereocenters. The van der Waals surface area contributed by atoms with E-state index in [0.717, 1.165) is 89.9 Å². The lowest BCUT2D eigenvalue weighted by molar-refractivity contribution is -0.302. The van der Waals surface area contributed by atoms with Gasteiger partial charge in [0.05, 0.1) is 25.4 Å². The van der Waals surface area contributed by atoms with E-state index in [4.69, 9.17) is 9.47 Å². The monoisotopic (exact) mass is 850 g/mol. The lowest BCUT2D eigenvalue weighted by Gasteiger charge is -2.40. The maximum Gasteiger partial charge on any atom is 0.220 e. The van der Waals surface area contributed by atoms with Crippen LogP contribution in [-0.2, 0) is 14.3 Å². The summed E-state index contributed by atoms with van der Waals surface area (Å²) in [7, 11) is 0. The third kappa shape index (κ3) is 31.1. The molecule has 9 heteroatoms. The van der Waals surface area contributed by atoms with E-state index in [0.29, 0.717) is 12.8 Å². The lowest BCUT2D eigenvalue weighted by Crippen LogP contribution is -2.60. The molecule has 0 aromatic rings. The Labute approximate surface area is 369 Å². The summed E-state index contributed by atoms with van der Waals surface area (Å²) >= 11 is 0. The van der Waals surface area contributed by atoms with E-state index in [1.54, 1.807) is 6.08 Å². The number of nitrogens with one attached hydrogen (secondary N) is 1. The van der Waals surface area contributed by atoms with Gasteiger partial charge in [-0.05, 0) is 103 Å². The van der Waals surface area contributed by atoms with Crippen LogP contribution in [0.3, 0.4) is 0 Å². The second kappa shape index (κ2) is 40.6. The van der Waals surface area contributed by atoms with Crippen molar-refractivity contribution in [1.82, 2.24) is 5.32 Å². The van der Waals surface area contributed by atoms with Gasteiger partial charge in [0.25, 0.3) is 0 Å². The Bertz CT molecular complexity index is 1360. The molecule has 0 bridgehead atoms. The molecule has 0 aromatic carbocycles. The zero-order chi connectivity index (χ0) is 44.4. The van der Waals surface area contributed by atoms with Gasteiger partial charge in [0.1, 0.15) is 24.4 Å². The molecule has 1 fully saturated rings. The summed E-state index contributed by atoms with van der Waals surface area (Å²) in [5.41, 5.74) is 0. The molecule has 0 radical (unpaired) electrons. The van der Waals surface area contributed by atoms with E-state index in [-0.39, 0.29) is 18.9 Å². The Morgan fingerprint density at radius 3 is 1.54 bits per heavy atom. The fraction of sp³-hybridized carbons (Fsp3) is 0.596. The number of carbonyl (C=O) groups excluding carboxylic acids is 1. The van der Waals surface area contributed by atoms with Gasteiger partial charge < -0.3 is 40.3 Å². The van der Waals surface area contributed by atoms with Crippen LogP contribution in [0.4, 0.5) is 0 Å². The highest BCUT2D eigenvalue weighted by Crippen LogP contribution is 2.22. The van der Waals surface area contributed by atoms with E-state index in [2.05, 4.69) is 129 Å². The maximum atomic E-state index is 12.9. The van der Waals surface area contributed by atoms with Crippen LogP contribution in [0.25, 0.3) is 0 Å². The Hall–Kier alpha value is -3.41. The standard InChI is InChI=1S/C52H83NO8/c1-3-5-7-9-11-13-15-17-18-19-20-21-22-23-24-25-26-27-28-30-32-34-36-38-40-42-48(56)53-45(44-60-52-51(59)50(58)49(57)47(43-54)61-52)46(55)41-39-37-35-33-31-29-16-14-12-10-8-6-4-2/h5,7,11-14,17-18,20-21,23-24,26-27,30-33,39,41,45-47,49-52,54-55,57-59H,3-4,6,8-10,15-16,19,22,25,28-29,34-38,40,42-44H2,1-2H3,(H,53,56)/b7-5-,13-11-,14-12+,18-17-,21-20-,24-23-,27-26-,32-30-,33-31+,41-39+. The highest BCUT2D eigenvalue weighted by atomic mass is 16.7. The predicted molar refractivity (Wildman–Crippen MR) is 253 cm³/mol. The lowest BCUT2D eigenvalue weighted by atomic mass is 9.99. The number of hydrogen-bond acceptors (Lipinski definition) is 8. The number of carbonyl (C=O) groups is 1. The summed E-state index contributed by atoms with van der Waals surface area (Å²) in [5.74, 6) is -0.231. The Morgan fingerprint density at radius 2 is 1.03 bits per heavy atom. The molecule has 1 heterocycles. The van der Waals surface area contributed by atoms with Crippen LogP contribution in [0.5, 0.6) is 0 Å². The van der Waals surface area contributed by atoms with Crippen molar-refractivity contribution in [1.29, 1.82) is 0 Å². The first-order valence-corrected chi connectivity index (χ1v) is 23.3. The normalized spacial score (nSPS) is 21.6. The van der Waals surface area contributed by atoms with E-state index in [1.807, 2.05) is 6.08 Å². The molecule has 1 aliphatic rings. The third-order valence-corrected chi connectivity index (χ3v) is 10.00. The number of ether oxygens (including phenoxy) is 2. The van der Waals surface area contributed by atoms with Gasteiger partial charge in [-0.1, -0.05) is 155 Å². The fourth-order valence-electron chi connectivity index (χ4n) is 6.28. The van der Waals surface area contributed by atoms with Crippen molar-refractivity contribution in [2.45, 2.75) is 185 Å². The second-order valence-electron chi connectivity index (χ2n) is 15.4. The minimum absolute atomic E-state index is 0.229. The zero-order valence-corrected chi connectivity index (χ0v) is 37.6. The van der Waals surface area contributed by atoms with Crippen molar-refractivity contribution in [2.75, 3.05) is 13.2 Å². The van der Waals surface area contributed by atoms with Crippen molar-refractivity contribution in [2.24, 2.45) is 0 Å². The van der Waals surface area contributed by atoms with Gasteiger partial charge in [-0.2, -0.15) is 0 Å². The van der Waals surface area contributed by atoms with Crippen molar-refractivity contribution >= 4 is 5.91 Å². The number of allylic oxidation sites excluding steroid dienone is 19. The minimum atomic E-state index is -1.59. The van der Waals surface area contributed by atoms with E-state index >= 15 is 0 Å². The number of hydrogen-bond donors (Lipinski definition) is 6. The van der Waals surface area contributed by atoms with Gasteiger partial charge in [0.15, 0.2) is 6.29 Å². The van der Waals surface area contributed by atoms with Crippen LogP contribution in [0.15, 0.2) is 122 Å². The molecule has 1 saturated heterocycles. The summed E-state index contributed by atoms with van der Waals surface area (Å²) < 4.78 is 11.2. The predicted octanol–water partition coefficient (Wildman–Crippen LogP) is 10.1. The van der Waals surface area contributed by atoms with Crippen LogP contribution < -0.4 is 5.32 Å². The summed E-state index contributed by atoms with van der Waals surface area (Å²) in [6.07, 6.45) is 53.8. The van der Waals surface area contributed by atoms with Crippen molar-refractivity contribution in [3.8, 4) is 0 Å². The molecule has 6 N–H and O–H groups in total. The molecule has 0 saturated carbocycles. The van der Waals surface area contributed by atoms with Gasteiger partial charge in [-0.25, -0.2) is 0 Å². The molecular weight excluding hydrogens is 767 g/mol. The first-order chi connectivity index (χ1) is 29.8. The molecule has 0 aliphatic carbocycles. The summed E-state index contributed by atoms with van der Waals surface area (Å²) in [6.45, 7) is 3.55. The highest BCUT2D eigenvalue weighted by molar-refractivity contribution is 5.76. The van der Waals surface area contributed by atoms with Gasteiger partial charge in [0.2, 0.25) is 5.91 Å². The van der Waals surface area contributed by atoms with Gasteiger partial charge in [-0.3, -0.25) is 4.79 Å². The second-order valence-corrected chi connectivity index (χ2v) is 15.4. The van der Waals surface area contributed by atoms with Gasteiger partial charge in [0, 0.05) is 6.42 Å². The number of aliphatic hydroxyl groups is 5. The quantitative estimate of drug-likeness (QED) is 0.0270. The average molecular weight is 850 g/mol. The summed E-state index contributed by atoms with van der Waals surface area (Å²) in [4.78, 5) is 12.9. The topological polar surface area (TPSA) is 149 Å². The molecule has 0 aromatic heterocycles. The van der Waals surface area contributed by atoms with Crippen molar-refractivity contribution in [3.05, 3.63) is 122 Å². The van der Waals surface area contributed by atoms with Crippen molar-refractivity contribution in [3.63, 3.8) is 0 Å². The largest absolute Gasteiger partial charge is 0.394 e. The first kappa shape index (κ1) is 55.6. The molecule has 1 amide bonds.